The summed E-state index contributed by atoms with van der Waals surface area (Å²) in [7, 11) is 2.67. The van der Waals surface area contributed by atoms with E-state index in [2.05, 4.69) is 0 Å². The number of methoxy groups -OCH3 is 1. The van der Waals surface area contributed by atoms with Gasteiger partial charge in [-0.15, -0.1) is 0 Å². The SMILES string of the molecule is CCOC(=O)c1c(C(=O)OC)c2ccccc2n1OC. The number of fused-ring (bicyclic) bond motifs is 1. The van der Waals surface area contributed by atoms with Crippen LogP contribution in [-0.2, 0) is 9.47 Å². The van der Waals surface area contributed by atoms with Crippen LogP contribution in [0.5, 0.6) is 0 Å². The highest BCUT2D eigenvalue weighted by molar-refractivity contribution is 6.12. The van der Waals surface area contributed by atoms with E-state index in [9.17, 15) is 9.59 Å². The van der Waals surface area contributed by atoms with E-state index in [1.54, 1.807) is 31.2 Å². The Balaban J connectivity index is 2.80. The number of ether oxygens (including phenoxy) is 2. The Morgan fingerprint density at radius 3 is 2.45 bits per heavy atom. The third-order valence-corrected chi connectivity index (χ3v) is 2.87. The Hall–Kier alpha value is -2.50. The van der Waals surface area contributed by atoms with E-state index in [-0.39, 0.29) is 17.9 Å². The highest BCUT2D eigenvalue weighted by Crippen LogP contribution is 2.26. The molecule has 0 aliphatic rings. The number of aromatic nitrogens is 1. The van der Waals surface area contributed by atoms with Gasteiger partial charge < -0.3 is 14.3 Å². The molecule has 0 saturated carbocycles. The molecule has 1 aromatic heterocycles. The van der Waals surface area contributed by atoms with Crippen molar-refractivity contribution in [1.29, 1.82) is 0 Å². The van der Waals surface area contributed by atoms with Crippen molar-refractivity contribution < 1.29 is 23.9 Å². The fraction of sp³-hybridized carbons (Fsp3) is 0.286. The highest BCUT2D eigenvalue weighted by Gasteiger charge is 2.29. The predicted octanol–water partition coefficient (Wildman–Crippen LogP) is 1.66. The number of rotatable bonds is 4. The Labute approximate surface area is 115 Å². The molecule has 1 aromatic carbocycles. The van der Waals surface area contributed by atoms with E-state index in [0.717, 1.165) is 0 Å². The quantitative estimate of drug-likeness (QED) is 0.795. The van der Waals surface area contributed by atoms with Crippen molar-refractivity contribution >= 4 is 22.8 Å². The summed E-state index contributed by atoms with van der Waals surface area (Å²) in [6.45, 7) is 1.89. The fourth-order valence-electron chi connectivity index (χ4n) is 2.09. The van der Waals surface area contributed by atoms with Gasteiger partial charge >= 0.3 is 11.9 Å². The molecule has 6 heteroatoms. The lowest BCUT2D eigenvalue weighted by Crippen LogP contribution is -2.19. The lowest BCUT2D eigenvalue weighted by atomic mass is 10.1. The summed E-state index contributed by atoms with van der Waals surface area (Å²) in [6, 6.07) is 7.02. The Kier molecular flexibility index (Phi) is 3.93. The molecule has 20 heavy (non-hydrogen) atoms. The third kappa shape index (κ3) is 2.09. The summed E-state index contributed by atoms with van der Waals surface area (Å²) >= 11 is 0. The van der Waals surface area contributed by atoms with Crippen molar-refractivity contribution in [2.24, 2.45) is 0 Å². The molecule has 2 aromatic rings. The summed E-state index contributed by atoms with van der Waals surface area (Å²) in [4.78, 5) is 29.3. The molecular formula is C14H15NO5. The maximum absolute atomic E-state index is 12.1. The zero-order valence-corrected chi connectivity index (χ0v) is 11.5. The number of hydrogen-bond acceptors (Lipinski definition) is 5. The first-order valence-corrected chi connectivity index (χ1v) is 6.09. The summed E-state index contributed by atoms with van der Waals surface area (Å²) in [5.74, 6) is -1.24. The minimum Gasteiger partial charge on any atom is -0.465 e. The van der Waals surface area contributed by atoms with E-state index in [1.165, 1.54) is 19.0 Å². The predicted molar refractivity (Wildman–Crippen MR) is 71.7 cm³/mol. The Bertz CT molecular complexity index is 659. The molecule has 106 valence electrons. The molecule has 0 aliphatic heterocycles. The number of carbonyl (C=O) groups excluding carboxylic acids is 2. The standard InChI is InChI=1S/C14H15NO5/c1-4-20-14(17)12-11(13(16)18-2)9-7-5-6-8-10(9)15(12)19-3/h5-8H,4H2,1-3H3. The van der Waals surface area contributed by atoms with Crippen molar-refractivity contribution in [3.05, 3.63) is 35.5 Å². The van der Waals surface area contributed by atoms with Gasteiger partial charge in [0.05, 0.1) is 19.2 Å². The normalized spacial score (nSPS) is 10.3. The molecule has 0 N–H and O–H groups in total. The van der Waals surface area contributed by atoms with Crippen LogP contribution in [0.2, 0.25) is 0 Å². The first-order valence-electron chi connectivity index (χ1n) is 6.09. The van der Waals surface area contributed by atoms with Crippen molar-refractivity contribution in [2.75, 3.05) is 20.8 Å². The van der Waals surface area contributed by atoms with Gasteiger partial charge in [-0.2, -0.15) is 4.73 Å². The zero-order valence-electron chi connectivity index (χ0n) is 11.5. The smallest absolute Gasteiger partial charge is 0.359 e. The second-order valence-corrected chi connectivity index (χ2v) is 3.93. The van der Waals surface area contributed by atoms with Crippen molar-refractivity contribution in [2.45, 2.75) is 6.92 Å². The minimum absolute atomic E-state index is 0.0300. The van der Waals surface area contributed by atoms with Crippen LogP contribution in [0.3, 0.4) is 0 Å². The molecule has 0 radical (unpaired) electrons. The highest BCUT2D eigenvalue weighted by atomic mass is 16.6. The molecular weight excluding hydrogens is 262 g/mol. The zero-order chi connectivity index (χ0) is 14.7. The molecule has 0 bridgehead atoms. The third-order valence-electron chi connectivity index (χ3n) is 2.87. The number of hydrogen-bond donors (Lipinski definition) is 0. The average Bonchev–Trinajstić information content (AvgIpc) is 2.81. The topological polar surface area (TPSA) is 66.8 Å². The van der Waals surface area contributed by atoms with Gasteiger partial charge in [-0.3, -0.25) is 0 Å². The molecule has 0 amide bonds. The van der Waals surface area contributed by atoms with E-state index in [0.29, 0.717) is 10.9 Å². The van der Waals surface area contributed by atoms with Gasteiger partial charge in [-0.05, 0) is 13.0 Å². The first kappa shape index (κ1) is 13.9. The summed E-state index contributed by atoms with van der Waals surface area (Å²) < 4.78 is 11.0. The van der Waals surface area contributed by atoms with Crippen LogP contribution in [0.1, 0.15) is 27.8 Å². The molecule has 6 nitrogen and oxygen atoms in total. The molecule has 0 unspecified atom stereocenters. The lowest BCUT2D eigenvalue weighted by molar-refractivity contribution is 0.0456. The van der Waals surface area contributed by atoms with E-state index < -0.39 is 11.9 Å². The first-order chi connectivity index (χ1) is 9.65. The van der Waals surface area contributed by atoms with Gasteiger partial charge in [0.25, 0.3) is 0 Å². The maximum atomic E-state index is 12.1. The average molecular weight is 277 g/mol. The van der Waals surface area contributed by atoms with Gasteiger partial charge in [0.2, 0.25) is 0 Å². The van der Waals surface area contributed by atoms with Crippen LogP contribution in [-0.4, -0.2) is 37.5 Å². The summed E-state index contributed by atoms with van der Waals surface area (Å²) in [5, 5.41) is 0.573. The van der Waals surface area contributed by atoms with E-state index >= 15 is 0 Å². The van der Waals surface area contributed by atoms with Gasteiger partial charge in [0.1, 0.15) is 12.7 Å². The number of para-hydroxylation sites is 1. The molecule has 0 spiro atoms. The maximum Gasteiger partial charge on any atom is 0.359 e. The number of esters is 2. The molecule has 0 aliphatic carbocycles. The monoisotopic (exact) mass is 277 g/mol. The largest absolute Gasteiger partial charge is 0.465 e. The number of carbonyl (C=O) groups is 2. The second-order valence-electron chi connectivity index (χ2n) is 3.93. The van der Waals surface area contributed by atoms with Gasteiger partial charge in [0.15, 0.2) is 5.69 Å². The van der Waals surface area contributed by atoms with Crippen LogP contribution in [0, 0.1) is 0 Å². The van der Waals surface area contributed by atoms with Crippen LogP contribution in [0.25, 0.3) is 10.9 Å². The van der Waals surface area contributed by atoms with Crippen LogP contribution >= 0.6 is 0 Å². The molecule has 1 heterocycles. The molecule has 2 rings (SSSR count). The van der Waals surface area contributed by atoms with Crippen LogP contribution < -0.4 is 4.84 Å². The van der Waals surface area contributed by atoms with E-state index in [1.807, 2.05) is 0 Å². The second kappa shape index (κ2) is 5.64. The minimum atomic E-state index is -0.633. The van der Waals surface area contributed by atoms with E-state index in [4.69, 9.17) is 14.3 Å². The number of benzene rings is 1. The molecule has 0 saturated heterocycles. The Morgan fingerprint density at radius 1 is 1.15 bits per heavy atom. The lowest BCUT2D eigenvalue weighted by Gasteiger charge is -2.08. The molecule has 0 atom stereocenters. The Morgan fingerprint density at radius 2 is 1.85 bits per heavy atom. The fourth-order valence-corrected chi connectivity index (χ4v) is 2.09. The van der Waals surface area contributed by atoms with Crippen LogP contribution in [0.4, 0.5) is 0 Å². The van der Waals surface area contributed by atoms with Gasteiger partial charge in [-0.25, -0.2) is 9.59 Å². The van der Waals surface area contributed by atoms with Crippen molar-refractivity contribution in [3.63, 3.8) is 0 Å². The van der Waals surface area contributed by atoms with Gasteiger partial charge in [0, 0.05) is 5.39 Å². The summed E-state index contributed by atoms with van der Waals surface area (Å²) in [5.41, 5.74) is 0.768. The molecule has 0 fully saturated rings. The summed E-state index contributed by atoms with van der Waals surface area (Å²) in [6.07, 6.45) is 0. The van der Waals surface area contributed by atoms with Crippen molar-refractivity contribution in [1.82, 2.24) is 4.73 Å². The van der Waals surface area contributed by atoms with Crippen LogP contribution in [0.15, 0.2) is 24.3 Å². The van der Waals surface area contributed by atoms with Crippen molar-refractivity contribution in [3.8, 4) is 0 Å². The van der Waals surface area contributed by atoms with Gasteiger partial charge in [-0.1, -0.05) is 18.2 Å². The number of nitrogens with zero attached hydrogens (tertiary/aromatic N) is 1.